The summed E-state index contributed by atoms with van der Waals surface area (Å²) in [5.74, 6) is -0.0306. The summed E-state index contributed by atoms with van der Waals surface area (Å²) in [6.07, 6.45) is 1.27. The molecule has 1 fully saturated rings. The molecule has 15 heavy (non-hydrogen) atoms. The van der Waals surface area contributed by atoms with Gasteiger partial charge in [0.1, 0.15) is 0 Å². The third-order valence-electron chi connectivity index (χ3n) is 2.24. The normalized spacial score (nSPS) is 18.6. The zero-order valence-electron chi connectivity index (χ0n) is 8.20. The molecule has 0 aliphatic carbocycles. The zero-order valence-corrected chi connectivity index (χ0v) is 9.79. The van der Waals surface area contributed by atoms with Crippen molar-refractivity contribution in [2.75, 3.05) is 13.2 Å². The Bertz CT molecular complexity index is 363. The van der Waals surface area contributed by atoms with Crippen LogP contribution < -0.4 is 5.32 Å². The molecule has 1 atom stereocenters. The molecule has 80 valence electrons. The molecule has 1 N–H and O–H groups in total. The van der Waals surface area contributed by atoms with Crippen molar-refractivity contribution in [3.8, 4) is 0 Å². The maximum Gasteiger partial charge on any atom is 0.251 e. The van der Waals surface area contributed by atoms with E-state index in [4.69, 9.17) is 4.74 Å². The fraction of sp³-hybridized carbons (Fsp3) is 0.364. The van der Waals surface area contributed by atoms with Gasteiger partial charge < -0.3 is 10.1 Å². The minimum Gasteiger partial charge on any atom is -0.373 e. The largest absolute Gasteiger partial charge is 0.373 e. The van der Waals surface area contributed by atoms with Crippen molar-refractivity contribution in [1.82, 2.24) is 5.32 Å². The van der Waals surface area contributed by atoms with Gasteiger partial charge >= 0.3 is 0 Å². The highest BCUT2D eigenvalue weighted by molar-refractivity contribution is 9.10. The first-order chi connectivity index (χ1) is 7.25. The average molecular weight is 270 g/mol. The molecule has 1 heterocycles. The highest BCUT2D eigenvalue weighted by atomic mass is 79.9. The van der Waals surface area contributed by atoms with Crippen LogP contribution in [0.3, 0.4) is 0 Å². The molecule has 0 bridgehead atoms. The molecule has 1 aliphatic heterocycles. The topological polar surface area (TPSA) is 41.6 Å². The molecule has 1 aliphatic rings. The number of carbonyl (C=O) groups excluding carboxylic acids is 1. The predicted octanol–water partition coefficient (Wildman–Crippen LogP) is 1.97. The lowest BCUT2D eigenvalue weighted by molar-refractivity contribution is 0.0952. The lowest BCUT2D eigenvalue weighted by Gasteiger charge is -2.03. The lowest BCUT2D eigenvalue weighted by atomic mass is 10.2. The number of nitrogens with one attached hydrogen (secondary N) is 1. The summed E-state index contributed by atoms with van der Waals surface area (Å²) in [4.78, 5) is 11.6. The van der Waals surface area contributed by atoms with Crippen LogP contribution in [0.15, 0.2) is 28.7 Å². The summed E-state index contributed by atoms with van der Waals surface area (Å²) in [5.41, 5.74) is 0.682. The van der Waals surface area contributed by atoms with Crippen LogP contribution in [-0.4, -0.2) is 25.2 Å². The molecule has 4 heteroatoms. The van der Waals surface area contributed by atoms with E-state index < -0.39 is 0 Å². The van der Waals surface area contributed by atoms with Gasteiger partial charge in [-0.2, -0.15) is 0 Å². The minimum atomic E-state index is -0.0306. The van der Waals surface area contributed by atoms with Gasteiger partial charge in [0.15, 0.2) is 0 Å². The number of hydrogen-bond acceptors (Lipinski definition) is 2. The van der Waals surface area contributed by atoms with Crippen molar-refractivity contribution in [3.63, 3.8) is 0 Å². The lowest BCUT2D eigenvalue weighted by Crippen LogP contribution is -2.25. The number of rotatable bonds is 4. The Balaban J connectivity index is 1.83. The molecule has 1 amide bonds. The number of amides is 1. The van der Waals surface area contributed by atoms with Crippen LogP contribution in [0.2, 0.25) is 0 Å². The number of carbonyl (C=O) groups is 1. The van der Waals surface area contributed by atoms with Crippen molar-refractivity contribution in [2.45, 2.75) is 12.5 Å². The van der Waals surface area contributed by atoms with E-state index in [9.17, 15) is 4.79 Å². The van der Waals surface area contributed by atoms with Gasteiger partial charge in [-0.25, -0.2) is 0 Å². The molecular formula is C11H12BrNO2. The predicted molar refractivity (Wildman–Crippen MR) is 60.8 cm³/mol. The fourth-order valence-electron chi connectivity index (χ4n) is 1.31. The van der Waals surface area contributed by atoms with Crippen LogP contribution in [0.4, 0.5) is 0 Å². The van der Waals surface area contributed by atoms with E-state index >= 15 is 0 Å². The number of ether oxygens (including phenoxy) is 1. The minimum absolute atomic E-state index is 0.0306. The summed E-state index contributed by atoms with van der Waals surface area (Å²) < 4.78 is 5.97. The molecule has 0 radical (unpaired) electrons. The molecule has 1 saturated heterocycles. The Morgan fingerprint density at radius 1 is 1.60 bits per heavy atom. The van der Waals surface area contributed by atoms with E-state index in [2.05, 4.69) is 21.2 Å². The van der Waals surface area contributed by atoms with Crippen LogP contribution in [0.1, 0.15) is 16.8 Å². The molecule has 0 aromatic heterocycles. The Morgan fingerprint density at radius 2 is 2.40 bits per heavy atom. The SMILES string of the molecule is O=C(NCC[C@@H]1CO1)c1cccc(Br)c1. The van der Waals surface area contributed by atoms with Crippen LogP contribution >= 0.6 is 15.9 Å². The van der Waals surface area contributed by atoms with Crippen molar-refractivity contribution in [3.05, 3.63) is 34.3 Å². The average Bonchev–Trinajstić information content (AvgIpc) is 3.01. The maximum atomic E-state index is 11.6. The van der Waals surface area contributed by atoms with Crippen molar-refractivity contribution >= 4 is 21.8 Å². The molecular weight excluding hydrogens is 258 g/mol. The molecule has 0 saturated carbocycles. The van der Waals surface area contributed by atoms with Gasteiger partial charge in [0.25, 0.3) is 5.91 Å². The van der Waals surface area contributed by atoms with Gasteiger partial charge in [0.2, 0.25) is 0 Å². The van der Waals surface area contributed by atoms with Gasteiger partial charge in [-0.05, 0) is 24.6 Å². The van der Waals surface area contributed by atoms with Crippen molar-refractivity contribution in [2.24, 2.45) is 0 Å². The van der Waals surface area contributed by atoms with Gasteiger partial charge in [-0.3, -0.25) is 4.79 Å². The zero-order chi connectivity index (χ0) is 10.7. The highest BCUT2D eigenvalue weighted by Crippen LogP contribution is 2.13. The van der Waals surface area contributed by atoms with Crippen LogP contribution in [0.5, 0.6) is 0 Å². The first kappa shape index (κ1) is 10.6. The summed E-state index contributed by atoms with van der Waals surface area (Å²) >= 11 is 3.33. The number of halogens is 1. The first-order valence-electron chi connectivity index (χ1n) is 4.91. The Hall–Kier alpha value is -0.870. The van der Waals surface area contributed by atoms with Gasteiger partial charge in [-0.15, -0.1) is 0 Å². The van der Waals surface area contributed by atoms with E-state index in [1.165, 1.54) is 0 Å². The molecule has 0 spiro atoms. The third kappa shape index (κ3) is 3.32. The number of hydrogen-bond donors (Lipinski definition) is 1. The van der Waals surface area contributed by atoms with Gasteiger partial charge in [-0.1, -0.05) is 22.0 Å². The molecule has 0 unspecified atom stereocenters. The fourth-order valence-corrected chi connectivity index (χ4v) is 1.71. The molecule has 1 aromatic rings. The van der Waals surface area contributed by atoms with Crippen LogP contribution in [-0.2, 0) is 4.74 Å². The number of benzene rings is 1. The van der Waals surface area contributed by atoms with E-state index in [0.29, 0.717) is 18.2 Å². The van der Waals surface area contributed by atoms with E-state index in [1.807, 2.05) is 18.2 Å². The molecule has 3 nitrogen and oxygen atoms in total. The smallest absolute Gasteiger partial charge is 0.251 e. The maximum absolute atomic E-state index is 11.6. The van der Waals surface area contributed by atoms with Gasteiger partial charge in [0, 0.05) is 16.6 Å². The van der Waals surface area contributed by atoms with Crippen molar-refractivity contribution < 1.29 is 9.53 Å². The van der Waals surface area contributed by atoms with E-state index in [1.54, 1.807) is 6.07 Å². The quantitative estimate of drug-likeness (QED) is 0.850. The van der Waals surface area contributed by atoms with E-state index in [-0.39, 0.29) is 5.91 Å². The molecule has 2 rings (SSSR count). The summed E-state index contributed by atoms with van der Waals surface area (Å²) in [7, 11) is 0. The second-order valence-corrected chi connectivity index (χ2v) is 4.43. The second-order valence-electron chi connectivity index (χ2n) is 3.51. The standard InChI is InChI=1S/C11H12BrNO2/c12-9-3-1-2-8(6-9)11(14)13-5-4-10-7-15-10/h1-3,6,10H,4-5,7H2,(H,13,14)/t10-/m1/s1. The van der Waals surface area contributed by atoms with Crippen molar-refractivity contribution in [1.29, 1.82) is 0 Å². The third-order valence-corrected chi connectivity index (χ3v) is 2.73. The second kappa shape index (κ2) is 4.77. The van der Waals surface area contributed by atoms with Crippen LogP contribution in [0.25, 0.3) is 0 Å². The summed E-state index contributed by atoms with van der Waals surface area (Å²) in [6, 6.07) is 7.36. The van der Waals surface area contributed by atoms with Gasteiger partial charge in [0.05, 0.1) is 12.7 Å². The Labute approximate surface area is 96.9 Å². The summed E-state index contributed by atoms with van der Waals surface area (Å²) in [6.45, 7) is 1.52. The Morgan fingerprint density at radius 3 is 3.07 bits per heavy atom. The molecule has 1 aromatic carbocycles. The summed E-state index contributed by atoms with van der Waals surface area (Å²) in [5, 5.41) is 2.86. The first-order valence-corrected chi connectivity index (χ1v) is 5.70. The number of epoxide rings is 1. The van der Waals surface area contributed by atoms with Crippen LogP contribution in [0, 0.1) is 0 Å². The monoisotopic (exact) mass is 269 g/mol. The Kier molecular flexibility index (Phi) is 3.38. The van der Waals surface area contributed by atoms with E-state index in [0.717, 1.165) is 17.5 Å². The highest BCUT2D eigenvalue weighted by Gasteiger charge is 2.21.